The number of rotatable bonds is 2. The number of hydrogen-bond acceptors (Lipinski definition) is 2. The van der Waals surface area contributed by atoms with Crippen LogP contribution in [0.25, 0.3) is 0 Å². The van der Waals surface area contributed by atoms with Crippen molar-refractivity contribution in [2.45, 2.75) is 33.1 Å². The van der Waals surface area contributed by atoms with E-state index in [1.165, 1.54) is 0 Å². The molecule has 0 radical (unpaired) electrons. The van der Waals surface area contributed by atoms with Crippen molar-refractivity contribution in [3.8, 4) is 0 Å². The van der Waals surface area contributed by atoms with Gasteiger partial charge in [0.15, 0.2) is 0 Å². The predicted octanol–water partition coefficient (Wildman–Crippen LogP) is 2.94. The first kappa shape index (κ1) is 12.8. The van der Waals surface area contributed by atoms with Crippen LogP contribution in [-0.4, -0.2) is 11.7 Å². The van der Waals surface area contributed by atoms with E-state index in [2.05, 4.69) is 5.32 Å². The van der Waals surface area contributed by atoms with Gasteiger partial charge in [0.25, 0.3) is 0 Å². The molecule has 1 aliphatic carbocycles. The Labute approximate surface area is 108 Å². The van der Waals surface area contributed by atoms with Crippen LogP contribution in [0.15, 0.2) is 24.3 Å². The summed E-state index contributed by atoms with van der Waals surface area (Å²) in [7, 11) is 0. The van der Waals surface area contributed by atoms with E-state index in [-0.39, 0.29) is 17.6 Å². The van der Waals surface area contributed by atoms with E-state index in [0.29, 0.717) is 6.42 Å². The zero-order valence-electron chi connectivity index (χ0n) is 10.9. The van der Waals surface area contributed by atoms with E-state index in [9.17, 15) is 9.59 Å². The minimum absolute atomic E-state index is 0.0204. The summed E-state index contributed by atoms with van der Waals surface area (Å²) in [5.41, 5.74) is 1.86. The summed E-state index contributed by atoms with van der Waals surface area (Å²) >= 11 is 0. The number of nitrogens with one attached hydrogen (secondary N) is 1. The maximum absolute atomic E-state index is 12.1. The van der Waals surface area contributed by atoms with Gasteiger partial charge >= 0.3 is 0 Å². The van der Waals surface area contributed by atoms with Gasteiger partial charge in [0.2, 0.25) is 5.91 Å². The van der Waals surface area contributed by atoms with Crippen LogP contribution in [0.5, 0.6) is 0 Å². The Kier molecular flexibility index (Phi) is 3.80. The molecule has 2 unspecified atom stereocenters. The summed E-state index contributed by atoms with van der Waals surface area (Å²) in [5.74, 6) is -0.509. The molecule has 0 aliphatic heterocycles. The summed E-state index contributed by atoms with van der Waals surface area (Å²) in [6.45, 7) is 3.89. The number of amides is 1. The van der Waals surface area contributed by atoms with Crippen LogP contribution in [0.2, 0.25) is 0 Å². The first-order valence-corrected chi connectivity index (χ1v) is 6.49. The lowest BCUT2D eigenvalue weighted by Crippen LogP contribution is -2.36. The van der Waals surface area contributed by atoms with Crippen molar-refractivity contribution >= 4 is 17.4 Å². The van der Waals surface area contributed by atoms with Crippen LogP contribution >= 0.6 is 0 Å². The average molecular weight is 245 g/mol. The molecule has 1 saturated carbocycles. The summed E-state index contributed by atoms with van der Waals surface area (Å²) in [5, 5.41) is 2.84. The molecule has 2 rings (SSSR count). The predicted molar refractivity (Wildman–Crippen MR) is 71.3 cm³/mol. The number of anilines is 1. The zero-order chi connectivity index (χ0) is 13.1. The second-order valence-corrected chi connectivity index (χ2v) is 5.15. The van der Waals surface area contributed by atoms with Gasteiger partial charge in [-0.05, 0) is 37.5 Å². The van der Waals surface area contributed by atoms with Crippen LogP contribution in [0.1, 0.15) is 31.7 Å². The number of carbonyl (C=O) groups is 2. The molecule has 0 aromatic heterocycles. The van der Waals surface area contributed by atoms with Crippen molar-refractivity contribution in [2.24, 2.45) is 11.8 Å². The van der Waals surface area contributed by atoms with Gasteiger partial charge in [0, 0.05) is 11.6 Å². The largest absolute Gasteiger partial charge is 0.325 e. The molecule has 0 saturated heterocycles. The maximum Gasteiger partial charge on any atom is 0.234 e. The number of Topliss-reactive ketones (excluding diaryl/α,β-unsaturated/α-hetero) is 1. The zero-order valence-corrected chi connectivity index (χ0v) is 10.9. The number of benzene rings is 1. The van der Waals surface area contributed by atoms with E-state index in [0.717, 1.165) is 24.1 Å². The third kappa shape index (κ3) is 2.78. The van der Waals surface area contributed by atoms with Gasteiger partial charge in [-0.1, -0.05) is 25.5 Å². The highest BCUT2D eigenvalue weighted by Gasteiger charge is 2.33. The van der Waals surface area contributed by atoms with Gasteiger partial charge in [-0.15, -0.1) is 0 Å². The molecule has 96 valence electrons. The summed E-state index contributed by atoms with van der Waals surface area (Å²) < 4.78 is 0. The lowest BCUT2D eigenvalue weighted by atomic mass is 9.80. The normalized spacial score (nSPS) is 23.8. The summed E-state index contributed by atoms with van der Waals surface area (Å²) in [6.07, 6.45) is 2.55. The molecule has 18 heavy (non-hydrogen) atoms. The fourth-order valence-electron chi connectivity index (χ4n) is 2.47. The minimum Gasteiger partial charge on any atom is -0.325 e. The SMILES string of the molecule is Cc1cccc(NC(=O)C2CCCC(C)C2=O)c1. The maximum atomic E-state index is 12.1. The molecule has 3 nitrogen and oxygen atoms in total. The van der Waals surface area contributed by atoms with Crippen LogP contribution in [0.4, 0.5) is 5.69 Å². The van der Waals surface area contributed by atoms with Crippen LogP contribution in [-0.2, 0) is 9.59 Å². The third-order valence-corrected chi connectivity index (χ3v) is 3.56. The molecular formula is C15H19NO2. The molecule has 1 aromatic rings. The Balaban J connectivity index is 2.05. The van der Waals surface area contributed by atoms with Crippen molar-refractivity contribution < 1.29 is 9.59 Å². The van der Waals surface area contributed by atoms with Crippen molar-refractivity contribution in [3.63, 3.8) is 0 Å². The molecule has 1 aliphatic rings. The second kappa shape index (κ2) is 5.34. The van der Waals surface area contributed by atoms with Gasteiger partial charge in [0.05, 0.1) is 5.92 Å². The molecule has 1 amide bonds. The van der Waals surface area contributed by atoms with Crippen LogP contribution in [0.3, 0.4) is 0 Å². The van der Waals surface area contributed by atoms with E-state index >= 15 is 0 Å². The number of aryl methyl sites for hydroxylation is 1. The highest BCUT2D eigenvalue weighted by molar-refractivity contribution is 6.08. The highest BCUT2D eigenvalue weighted by atomic mass is 16.2. The van der Waals surface area contributed by atoms with Crippen molar-refractivity contribution in [1.29, 1.82) is 0 Å². The Morgan fingerprint density at radius 1 is 1.33 bits per heavy atom. The average Bonchev–Trinajstić information content (AvgIpc) is 2.32. The molecule has 3 heteroatoms. The number of ketones is 1. The molecule has 1 aromatic carbocycles. The minimum atomic E-state index is -0.464. The van der Waals surface area contributed by atoms with E-state index in [1.54, 1.807) is 0 Å². The smallest absolute Gasteiger partial charge is 0.234 e. The van der Waals surface area contributed by atoms with Gasteiger partial charge in [0.1, 0.15) is 5.78 Å². The number of hydrogen-bond donors (Lipinski definition) is 1. The van der Waals surface area contributed by atoms with E-state index in [4.69, 9.17) is 0 Å². The molecule has 0 heterocycles. The van der Waals surface area contributed by atoms with Gasteiger partial charge < -0.3 is 5.32 Å². The van der Waals surface area contributed by atoms with Gasteiger partial charge in [-0.3, -0.25) is 9.59 Å². The molecule has 1 N–H and O–H groups in total. The molecule has 1 fully saturated rings. The Morgan fingerprint density at radius 2 is 2.11 bits per heavy atom. The molecule has 2 atom stereocenters. The van der Waals surface area contributed by atoms with Crippen LogP contribution in [0, 0.1) is 18.8 Å². The van der Waals surface area contributed by atoms with Crippen molar-refractivity contribution in [3.05, 3.63) is 29.8 Å². The Bertz CT molecular complexity index is 467. The quantitative estimate of drug-likeness (QED) is 0.814. The number of carbonyl (C=O) groups excluding carboxylic acids is 2. The first-order valence-electron chi connectivity index (χ1n) is 6.49. The third-order valence-electron chi connectivity index (χ3n) is 3.56. The fraction of sp³-hybridized carbons (Fsp3) is 0.467. The first-order chi connectivity index (χ1) is 8.58. The van der Waals surface area contributed by atoms with Crippen molar-refractivity contribution in [2.75, 3.05) is 5.32 Å². The van der Waals surface area contributed by atoms with Gasteiger partial charge in [-0.25, -0.2) is 0 Å². The monoisotopic (exact) mass is 245 g/mol. The van der Waals surface area contributed by atoms with E-state index < -0.39 is 5.92 Å². The van der Waals surface area contributed by atoms with Crippen molar-refractivity contribution in [1.82, 2.24) is 0 Å². The highest BCUT2D eigenvalue weighted by Crippen LogP contribution is 2.26. The summed E-state index contributed by atoms with van der Waals surface area (Å²) in [4.78, 5) is 24.1. The molecule has 0 bridgehead atoms. The van der Waals surface area contributed by atoms with Gasteiger partial charge in [-0.2, -0.15) is 0 Å². The second-order valence-electron chi connectivity index (χ2n) is 5.15. The van der Waals surface area contributed by atoms with E-state index in [1.807, 2.05) is 38.1 Å². The standard InChI is InChI=1S/C15H19NO2/c1-10-5-3-7-12(9-10)16-15(18)13-8-4-6-11(2)14(13)17/h3,5,7,9,11,13H,4,6,8H2,1-2H3,(H,16,18). The lowest BCUT2D eigenvalue weighted by molar-refractivity contribution is -0.135. The molecular weight excluding hydrogens is 226 g/mol. The fourth-order valence-corrected chi connectivity index (χ4v) is 2.47. The molecule has 0 spiro atoms. The Hall–Kier alpha value is -1.64. The topological polar surface area (TPSA) is 46.2 Å². The lowest BCUT2D eigenvalue weighted by Gasteiger charge is -2.24. The summed E-state index contributed by atoms with van der Waals surface area (Å²) in [6, 6.07) is 7.63. The van der Waals surface area contributed by atoms with Crippen LogP contribution < -0.4 is 5.32 Å². The Morgan fingerprint density at radius 3 is 2.83 bits per heavy atom.